The number of hydrogen-bond donors (Lipinski definition) is 2. The molecule has 2 rings (SSSR count). The van der Waals surface area contributed by atoms with E-state index in [1.807, 2.05) is 0 Å². The van der Waals surface area contributed by atoms with E-state index in [-0.39, 0.29) is 12.1 Å². The lowest BCUT2D eigenvalue weighted by Crippen LogP contribution is -2.47. The average molecular weight is 282 g/mol. The maximum Gasteiger partial charge on any atom is 0.309 e. The summed E-state index contributed by atoms with van der Waals surface area (Å²) < 4.78 is 5.41. The Morgan fingerprint density at radius 2 is 1.85 bits per heavy atom. The summed E-state index contributed by atoms with van der Waals surface area (Å²) >= 11 is 0. The maximum atomic E-state index is 11.8. The van der Waals surface area contributed by atoms with Crippen LogP contribution >= 0.6 is 0 Å². The SMILES string of the molecule is CCC1CCC(NC(=O)C(=O)NC[C@@H]2CCCO2)CC1. The van der Waals surface area contributed by atoms with Crippen molar-refractivity contribution in [2.75, 3.05) is 13.2 Å². The first-order valence-electron chi connectivity index (χ1n) is 7.89. The number of carbonyl (C=O) groups excluding carboxylic acids is 2. The third-order valence-electron chi connectivity index (χ3n) is 4.48. The molecule has 2 N–H and O–H groups in total. The molecule has 1 aliphatic heterocycles. The van der Waals surface area contributed by atoms with Gasteiger partial charge in [-0.25, -0.2) is 0 Å². The highest BCUT2D eigenvalue weighted by molar-refractivity contribution is 6.35. The van der Waals surface area contributed by atoms with Crippen molar-refractivity contribution in [3.8, 4) is 0 Å². The summed E-state index contributed by atoms with van der Waals surface area (Å²) in [6.45, 7) is 3.41. The van der Waals surface area contributed by atoms with Crippen molar-refractivity contribution in [1.29, 1.82) is 0 Å². The molecule has 114 valence electrons. The predicted octanol–water partition coefficient (Wildman–Crippen LogP) is 1.37. The summed E-state index contributed by atoms with van der Waals surface area (Å²) in [7, 11) is 0. The van der Waals surface area contributed by atoms with E-state index in [0.29, 0.717) is 6.54 Å². The highest BCUT2D eigenvalue weighted by atomic mass is 16.5. The van der Waals surface area contributed by atoms with Crippen LogP contribution in [-0.4, -0.2) is 37.1 Å². The molecule has 1 heterocycles. The summed E-state index contributed by atoms with van der Waals surface area (Å²) in [6, 6.07) is 0.166. The Morgan fingerprint density at radius 3 is 2.45 bits per heavy atom. The van der Waals surface area contributed by atoms with Gasteiger partial charge in [0.2, 0.25) is 0 Å². The Bertz CT molecular complexity index is 332. The third kappa shape index (κ3) is 4.47. The van der Waals surface area contributed by atoms with E-state index in [9.17, 15) is 9.59 Å². The Hall–Kier alpha value is -1.10. The van der Waals surface area contributed by atoms with Crippen LogP contribution in [-0.2, 0) is 14.3 Å². The number of hydrogen-bond acceptors (Lipinski definition) is 3. The molecule has 0 unspecified atom stereocenters. The lowest BCUT2D eigenvalue weighted by molar-refractivity contribution is -0.140. The van der Waals surface area contributed by atoms with E-state index in [0.717, 1.165) is 51.0 Å². The Kier molecular flexibility index (Phi) is 5.83. The second-order valence-corrected chi connectivity index (χ2v) is 5.94. The minimum absolute atomic E-state index is 0.0757. The normalized spacial score (nSPS) is 29.9. The number of nitrogens with one attached hydrogen (secondary N) is 2. The number of carbonyl (C=O) groups is 2. The van der Waals surface area contributed by atoms with E-state index in [1.54, 1.807) is 0 Å². The molecule has 0 bridgehead atoms. The standard InChI is InChI=1S/C15H26N2O3/c1-2-11-5-7-12(8-6-11)17-15(19)14(18)16-10-13-4-3-9-20-13/h11-13H,2-10H2,1H3,(H,16,18)(H,17,19)/t11?,12?,13-/m0/s1. The Labute approximate surface area is 120 Å². The summed E-state index contributed by atoms with van der Waals surface area (Å²) in [4.78, 5) is 23.5. The third-order valence-corrected chi connectivity index (χ3v) is 4.48. The molecule has 0 aromatic heterocycles. The Balaban J connectivity index is 1.64. The number of ether oxygens (including phenoxy) is 1. The van der Waals surface area contributed by atoms with Crippen molar-refractivity contribution >= 4 is 11.8 Å². The number of amides is 2. The van der Waals surface area contributed by atoms with Gasteiger partial charge < -0.3 is 15.4 Å². The first kappa shape index (κ1) is 15.3. The molecule has 2 aliphatic rings. The fourth-order valence-electron chi connectivity index (χ4n) is 3.06. The van der Waals surface area contributed by atoms with Gasteiger partial charge in [0.1, 0.15) is 0 Å². The van der Waals surface area contributed by atoms with Crippen LogP contribution in [0.5, 0.6) is 0 Å². The van der Waals surface area contributed by atoms with Crippen LogP contribution in [0.25, 0.3) is 0 Å². The van der Waals surface area contributed by atoms with Crippen molar-refractivity contribution in [2.24, 2.45) is 5.92 Å². The quantitative estimate of drug-likeness (QED) is 0.765. The number of rotatable bonds is 4. The zero-order valence-electron chi connectivity index (χ0n) is 12.3. The van der Waals surface area contributed by atoms with Gasteiger partial charge in [-0.05, 0) is 44.4 Å². The first-order chi connectivity index (χ1) is 9.69. The molecule has 0 aromatic rings. The first-order valence-corrected chi connectivity index (χ1v) is 7.89. The van der Waals surface area contributed by atoms with Gasteiger partial charge in [-0.3, -0.25) is 9.59 Å². The highest BCUT2D eigenvalue weighted by Gasteiger charge is 2.24. The molecule has 2 amide bonds. The summed E-state index contributed by atoms with van der Waals surface area (Å²) in [6.07, 6.45) is 7.57. The van der Waals surface area contributed by atoms with E-state index < -0.39 is 11.8 Å². The van der Waals surface area contributed by atoms with Crippen LogP contribution in [0.1, 0.15) is 51.9 Å². The van der Waals surface area contributed by atoms with Gasteiger partial charge in [-0.1, -0.05) is 13.3 Å². The topological polar surface area (TPSA) is 67.4 Å². The fourth-order valence-corrected chi connectivity index (χ4v) is 3.06. The molecule has 0 aromatic carbocycles. The molecule has 5 nitrogen and oxygen atoms in total. The molecule has 1 saturated heterocycles. The largest absolute Gasteiger partial charge is 0.376 e. The van der Waals surface area contributed by atoms with Gasteiger partial charge in [-0.2, -0.15) is 0 Å². The van der Waals surface area contributed by atoms with Gasteiger partial charge in [-0.15, -0.1) is 0 Å². The van der Waals surface area contributed by atoms with Crippen molar-refractivity contribution in [3.05, 3.63) is 0 Å². The van der Waals surface area contributed by atoms with Gasteiger partial charge in [0, 0.05) is 19.2 Å². The lowest BCUT2D eigenvalue weighted by atomic mass is 9.84. The van der Waals surface area contributed by atoms with Crippen LogP contribution in [0.4, 0.5) is 0 Å². The molecule has 5 heteroatoms. The predicted molar refractivity (Wildman–Crippen MR) is 76.2 cm³/mol. The lowest BCUT2D eigenvalue weighted by Gasteiger charge is -2.28. The molecule has 1 atom stereocenters. The average Bonchev–Trinajstić information content (AvgIpc) is 2.98. The zero-order chi connectivity index (χ0) is 14.4. The second kappa shape index (κ2) is 7.62. The van der Waals surface area contributed by atoms with Crippen LogP contribution in [0.2, 0.25) is 0 Å². The van der Waals surface area contributed by atoms with Crippen LogP contribution < -0.4 is 10.6 Å². The van der Waals surface area contributed by atoms with Gasteiger partial charge in [0.05, 0.1) is 6.10 Å². The molecule has 1 saturated carbocycles. The minimum Gasteiger partial charge on any atom is -0.376 e. The van der Waals surface area contributed by atoms with Crippen LogP contribution in [0, 0.1) is 5.92 Å². The molecule has 1 aliphatic carbocycles. The van der Waals surface area contributed by atoms with Crippen LogP contribution in [0.15, 0.2) is 0 Å². The smallest absolute Gasteiger partial charge is 0.309 e. The highest BCUT2D eigenvalue weighted by Crippen LogP contribution is 2.26. The van der Waals surface area contributed by atoms with E-state index >= 15 is 0 Å². The van der Waals surface area contributed by atoms with E-state index in [2.05, 4.69) is 17.6 Å². The van der Waals surface area contributed by atoms with Gasteiger partial charge in [0.25, 0.3) is 0 Å². The van der Waals surface area contributed by atoms with Crippen molar-refractivity contribution in [3.63, 3.8) is 0 Å². The summed E-state index contributed by atoms with van der Waals surface area (Å²) in [5, 5.41) is 5.50. The molecule has 0 radical (unpaired) electrons. The monoisotopic (exact) mass is 282 g/mol. The Morgan fingerprint density at radius 1 is 1.10 bits per heavy atom. The zero-order valence-corrected chi connectivity index (χ0v) is 12.3. The summed E-state index contributed by atoms with van der Waals surface area (Å²) in [5.41, 5.74) is 0. The van der Waals surface area contributed by atoms with Crippen molar-refractivity contribution < 1.29 is 14.3 Å². The molecular weight excluding hydrogens is 256 g/mol. The summed E-state index contributed by atoms with van der Waals surface area (Å²) in [5.74, 6) is -0.238. The van der Waals surface area contributed by atoms with Gasteiger partial charge in [0.15, 0.2) is 0 Å². The molecule has 20 heavy (non-hydrogen) atoms. The molecule has 2 fully saturated rings. The van der Waals surface area contributed by atoms with Crippen LogP contribution in [0.3, 0.4) is 0 Å². The second-order valence-electron chi connectivity index (χ2n) is 5.94. The molecular formula is C15H26N2O3. The van der Waals surface area contributed by atoms with Crippen molar-refractivity contribution in [1.82, 2.24) is 10.6 Å². The minimum atomic E-state index is -0.530. The van der Waals surface area contributed by atoms with E-state index in [4.69, 9.17) is 4.74 Å². The van der Waals surface area contributed by atoms with E-state index in [1.165, 1.54) is 6.42 Å². The van der Waals surface area contributed by atoms with Gasteiger partial charge >= 0.3 is 11.8 Å². The molecule has 0 spiro atoms. The maximum absolute atomic E-state index is 11.8. The van der Waals surface area contributed by atoms with Crippen molar-refractivity contribution in [2.45, 2.75) is 64.0 Å². The fraction of sp³-hybridized carbons (Fsp3) is 0.867.